The summed E-state index contributed by atoms with van der Waals surface area (Å²) in [7, 11) is 0. The second kappa shape index (κ2) is 6.71. The van der Waals surface area contributed by atoms with Crippen molar-refractivity contribution in [3.8, 4) is 0 Å². The predicted molar refractivity (Wildman–Crippen MR) is 89.9 cm³/mol. The van der Waals surface area contributed by atoms with Gasteiger partial charge in [0.15, 0.2) is 0 Å². The maximum atomic E-state index is 12.0. The summed E-state index contributed by atoms with van der Waals surface area (Å²) in [6, 6.07) is 18.0. The van der Waals surface area contributed by atoms with Crippen LogP contribution in [0.1, 0.15) is 18.7 Å². The number of rotatable bonds is 5. The zero-order chi connectivity index (χ0) is 15.4. The lowest BCUT2D eigenvalue weighted by atomic mass is 10.1. The van der Waals surface area contributed by atoms with Crippen molar-refractivity contribution in [3.05, 3.63) is 66.6 Å². The van der Waals surface area contributed by atoms with Gasteiger partial charge >= 0.3 is 0 Å². The number of nitrogens with one attached hydrogen (secondary N) is 1. The highest BCUT2D eigenvalue weighted by molar-refractivity contribution is 8.00. The first-order chi connectivity index (χ1) is 10.7. The van der Waals surface area contributed by atoms with Gasteiger partial charge in [0, 0.05) is 4.90 Å². The van der Waals surface area contributed by atoms with Crippen LogP contribution in [0, 0.1) is 0 Å². The predicted octanol–water partition coefficient (Wildman–Crippen LogP) is 4.40. The van der Waals surface area contributed by atoms with Crippen LogP contribution in [0.2, 0.25) is 0 Å². The van der Waals surface area contributed by atoms with Crippen molar-refractivity contribution in [2.45, 2.75) is 17.9 Å². The van der Waals surface area contributed by atoms with E-state index in [-0.39, 0.29) is 11.9 Å². The number of hydrogen-bond acceptors (Lipinski definition) is 3. The molecule has 0 saturated carbocycles. The molecule has 0 aliphatic heterocycles. The van der Waals surface area contributed by atoms with Crippen LogP contribution in [-0.4, -0.2) is 11.7 Å². The molecule has 112 valence electrons. The summed E-state index contributed by atoms with van der Waals surface area (Å²) in [6.45, 7) is 1.91. The maximum Gasteiger partial charge on any atom is 0.230 e. The summed E-state index contributed by atoms with van der Waals surface area (Å²) < 4.78 is 5.29. The van der Waals surface area contributed by atoms with Gasteiger partial charge in [0.1, 0.15) is 5.76 Å². The molecule has 0 fully saturated rings. The van der Waals surface area contributed by atoms with Gasteiger partial charge in [0.05, 0.1) is 18.1 Å². The average Bonchev–Trinajstić information content (AvgIpc) is 3.07. The number of amides is 1. The fraction of sp³-hybridized carbons (Fsp3) is 0.167. The van der Waals surface area contributed by atoms with Gasteiger partial charge in [0.25, 0.3) is 0 Å². The fourth-order valence-electron chi connectivity index (χ4n) is 2.30. The quantitative estimate of drug-likeness (QED) is 0.710. The zero-order valence-corrected chi connectivity index (χ0v) is 13.1. The Hall–Kier alpha value is -2.20. The maximum absolute atomic E-state index is 12.0. The van der Waals surface area contributed by atoms with Crippen LogP contribution in [0.5, 0.6) is 0 Å². The van der Waals surface area contributed by atoms with Gasteiger partial charge in [-0.3, -0.25) is 4.79 Å². The van der Waals surface area contributed by atoms with Crippen LogP contribution >= 0.6 is 11.8 Å². The number of carbonyl (C=O) groups is 1. The topological polar surface area (TPSA) is 42.2 Å². The third kappa shape index (κ3) is 3.52. The lowest BCUT2D eigenvalue weighted by Crippen LogP contribution is -2.27. The fourth-order valence-corrected chi connectivity index (χ4v) is 3.05. The SMILES string of the molecule is C[C@@H](NC(=O)CSc1ccc2ccccc2c1)c1ccco1. The van der Waals surface area contributed by atoms with Crippen molar-refractivity contribution in [3.63, 3.8) is 0 Å². The largest absolute Gasteiger partial charge is 0.467 e. The highest BCUT2D eigenvalue weighted by Crippen LogP contribution is 2.23. The van der Waals surface area contributed by atoms with E-state index in [1.807, 2.05) is 31.2 Å². The first kappa shape index (κ1) is 14.7. The Morgan fingerprint density at radius 3 is 2.73 bits per heavy atom. The number of fused-ring (bicyclic) bond motifs is 1. The molecule has 3 nitrogen and oxygen atoms in total. The molecule has 0 saturated heterocycles. The molecule has 1 N–H and O–H groups in total. The summed E-state index contributed by atoms with van der Waals surface area (Å²) in [4.78, 5) is 13.1. The number of benzene rings is 2. The molecule has 3 aromatic rings. The Bertz CT molecular complexity index is 768. The Labute approximate surface area is 133 Å². The Morgan fingerprint density at radius 1 is 1.14 bits per heavy atom. The van der Waals surface area contributed by atoms with Gasteiger partial charge in [-0.1, -0.05) is 30.3 Å². The van der Waals surface area contributed by atoms with Gasteiger partial charge in [-0.2, -0.15) is 0 Å². The summed E-state index contributed by atoms with van der Waals surface area (Å²) in [5.74, 6) is 1.16. The first-order valence-electron chi connectivity index (χ1n) is 7.17. The van der Waals surface area contributed by atoms with E-state index in [1.54, 1.807) is 6.26 Å². The van der Waals surface area contributed by atoms with E-state index in [4.69, 9.17) is 4.42 Å². The van der Waals surface area contributed by atoms with Crippen molar-refractivity contribution in [2.24, 2.45) is 0 Å². The number of carbonyl (C=O) groups excluding carboxylic acids is 1. The third-order valence-electron chi connectivity index (χ3n) is 3.44. The highest BCUT2D eigenvalue weighted by atomic mass is 32.2. The van der Waals surface area contributed by atoms with Crippen molar-refractivity contribution in [1.82, 2.24) is 5.32 Å². The van der Waals surface area contributed by atoms with Crippen LogP contribution in [0.3, 0.4) is 0 Å². The molecule has 0 radical (unpaired) electrons. The molecule has 1 amide bonds. The molecular weight excluding hydrogens is 294 g/mol. The second-order valence-corrected chi connectivity index (χ2v) is 6.15. The molecule has 0 spiro atoms. The Kier molecular flexibility index (Phi) is 4.49. The molecule has 2 aromatic carbocycles. The monoisotopic (exact) mass is 311 g/mol. The van der Waals surface area contributed by atoms with Crippen LogP contribution in [0.15, 0.2) is 70.2 Å². The Balaban J connectivity index is 1.57. The van der Waals surface area contributed by atoms with Gasteiger partial charge in [-0.15, -0.1) is 11.8 Å². The highest BCUT2D eigenvalue weighted by Gasteiger charge is 2.11. The Morgan fingerprint density at radius 2 is 1.95 bits per heavy atom. The van der Waals surface area contributed by atoms with E-state index in [9.17, 15) is 4.79 Å². The van der Waals surface area contributed by atoms with Crippen molar-refractivity contribution < 1.29 is 9.21 Å². The minimum Gasteiger partial charge on any atom is -0.467 e. The van der Waals surface area contributed by atoms with Crippen molar-refractivity contribution in [1.29, 1.82) is 0 Å². The van der Waals surface area contributed by atoms with Gasteiger partial charge in [0.2, 0.25) is 5.91 Å². The molecule has 1 aromatic heterocycles. The van der Waals surface area contributed by atoms with E-state index < -0.39 is 0 Å². The van der Waals surface area contributed by atoms with E-state index in [2.05, 4.69) is 35.6 Å². The lowest BCUT2D eigenvalue weighted by Gasteiger charge is -2.11. The van der Waals surface area contributed by atoms with E-state index in [0.717, 1.165) is 10.7 Å². The van der Waals surface area contributed by atoms with Crippen LogP contribution in [0.4, 0.5) is 0 Å². The molecule has 1 heterocycles. The van der Waals surface area contributed by atoms with E-state index in [1.165, 1.54) is 22.5 Å². The first-order valence-corrected chi connectivity index (χ1v) is 8.15. The smallest absolute Gasteiger partial charge is 0.230 e. The van der Waals surface area contributed by atoms with E-state index >= 15 is 0 Å². The van der Waals surface area contributed by atoms with Gasteiger partial charge in [-0.25, -0.2) is 0 Å². The molecule has 0 unspecified atom stereocenters. The molecule has 3 rings (SSSR count). The molecule has 0 bridgehead atoms. The summed E-state index contributed by atoms with van der Waals surface area (Å²) >= 11 is 1.54. The summed E-state index contributed by atoms with van der Waals surface area (Å²) in [5, 5.41) is 5.34. The van der Waals surface area contributed by atoms with Crippen molar-refractivity contribution >= 4 is 28.4 Å². The molecular formula is C18H17NO2S. The average molecular weight is 311 g/mol. The van der Waals surface area contributed by atoms with Crippen LogP contribution in [0.25, 0.3) is 10.8 Å². The van der Waals surface area contributed by atoms with Gasteiger partial charge < -0.3 is 9.73 Å². The third-order valence-corrected chi connectivity index (χ3v) is 4.43. The number of furan rings is 1. The minimum atomic E-state index is -0.111. The molecule has 0 aliphatic rings. The van der Waals surface area contributed by atoms with Gasteiger partial charge in [-0.05, 0) is 42.0 Å². The normalized spacial score (nSPS) is 12.2. The van der Waals surface area contributed by atoms with E-state index in [0.29, 0.717) is 5.75 Å². The summed E-state index contributed by atoms with van der Waals surface area (Å²) in [6.07, 6.45) is 1.61. The lowest BCUT2D eigenvalue weighted by molar-refractivity contribution is -0.119. The number of hydrogen-bond donors (Lipinski definition) is 1. The van der Waals surface area contributed by atoms with Crippen LogP contribution < -0.4 is 5.32 Å². The standard InChI is InChI=1S/C18H17NO2S/c1-13(17-7-4-10-21-17)19-18(20)12-22-16-9-8-14-5-2-3-6-15(14)11-16/h2-11,13H,12H2,1H3,(H,19,20)/t13-/m1/s1. The number of thioether (sulfide) groups is 1. The second-order valence-electron chi connectivity index (χ2n) is 5.10. The van der Waals surface area contributed by atoms with Crippen molar-refractivity contribution in [2.75, 3.05) is 5.75 Å². The molecule has 0 aliphatic carbocycles. The minimum absolute atomic E-state index is 0.00191. The molecule has 1 atom stereocenters. The molecule has 4 heteroatoms. The summed E-state index contributed by atoms with van der Waals surface area (Å²) in [5.41, 5.74) is 0. The molecule has 22 heavy (non-hydrogen) atoms. The van der Waals surface area contributed by atoms with Crippen LogP contribution in [-0.2, 0) is 4.79 Å². The zero-order valence-electron chi connectivity index (χ0n) is 12.3.